The molecule has 8 heteroatoms. The molecule has 1 N–H and O–H groups in total. The van der Waals surface area contributed by atoms with Gasteiger partial charge in [-0.3, -0.25) is 5.32 Å². The lowest BCUT2D eigenvalue weighted by Crippen LogP contribution is -2.46. The quantitative estimate of drug-likeness (QED) is 0.579. The molecular weight excluding hydrogens is 462 g/mol. The fourth-order valence-corrected chi connectivity index (χ4v) is 4.93. The van der Waals surface area contributed by atoms with Gasteiger partial charge < -0.3 is 28.4 Å². The number of carbonyl (C=O) groups is 1. The summed E-state index contributed by atoms with van der Waals surface area (Å²) in [5.41, 5.74) is 3.00. The maximum Gasteiger partial charge on any atom is 0.328 e. The number of fused-ring (bicyclic) bond motifs is 1. The zero-order valence-corrected chi connectivity index (χ0v) is 21.4. The van der Waals surface area contributed by atoms with Gasteiger partial charge in [0.15, 0.2) is 30.1 Å². The lowest BCUT2D eigenvalue weighted by molar-refractivity contribution is -0.235. The van der Waals surface area contributed by atoms with Gasteiger partial charge in [0.25, 0.3) is 0 Å². The molecule has 0 bridgehead atoms. The van der Waals surface area contributed by atoms with Crippen molar-refractivity contribution in [2.45, 2.75) is 89.5 Å². The molecule has 194 valence electrons. The number of esters is 1. The van der Waals surface area contributed by atoms with Crippen LogP contribution in [0.2, 0.25) is 0 Å². The van der Waals surface area contributed by atoms with Crippen molar-refractivity contribution in [1.82, 2.24) is 5.32 Å². The molecular formula is C28H35NO7. The molecule has 2 aromatic rings. The average Bonchev–Trinajstić information content (AvgIpc) is 3.45. The predicted octanol–water partition coefficient (Wildman–Crippen LogP) is 3.77. The molecule has 0 aromatic heterocycles. The van der Waals surface area contributed by atoms with E-state index < -0.39 is 54.3 Å². The smallest absolute Gasteiger partial charge is 0.328 e. The van der Waals surface area contributed by atoms with Gasteiger partial charge in [0, 0.05) is 6.54 Å². The maximum atomic E-state index is 13.7. The third kappa shape index (κ3) is 5.49. The maximum absolute atomic E-state index is 13.7. The second-order valence-electron chi connectivity index (χ2n) is 10.5. The SMILES string of the molecule is Cc1ccc([C@H](NCc2ccccc2)C(=O)O[C@@H]2[C@H]3OC(C)(C)O[C@H]3O[C@@H]2[C@H]2COC(C)(C)O2)cc1. The summed E-state index contributed by atoms with van der Waals surface area (Å²) < 4.78 is 36.3. The van der Waals surface area contributed by atoms with E-state index in [9.17, 15) is 4.79 Å². The van der Waals surface area contributed by atoms with Crippen LogP contribution in [0.3, 0.4) is 0 Å². The van der Waals surface area contributed by atoms with Crippen molar-refractivity contribution in [2.24, 2.45) is 0 Å². The first kappa shape index (κ1) is 25.3. The standard InChI is InChI=1S/C28H35NO7/c1-17-11-13-19(14-12-17)21(29-15-18-9-7-6-8-10-18)25(30)32-23-22(20-16-31-27(2,3)34-20)33-26-24(23)35-28(4,5)36-26/h6-14,20-24,26,29H,15-16H2,1-5H3/t20-,21+,22-,23+,24-,26-/m1/s1. The van der Waals surface area contributed by atoms with Crippen molar-refractivity contribution in [3.63, 3.8) is 0 Å². The zero-order valence-electron chi connectivity index (χ0n) is 21.4. The molecule has 3 fully saturated rings. The van der Waals surface area contributed by atoms with E-state index in [4.69, 9.17) is 28.4 Å². The van der Waals surface area contributed by atoms with Crippen LogP contribution in [0.1, 0.15) is 50.4 Å². The first-order valence-electron chi connectivity index (χ1n) is 12.5. The fourth-order valence-electron chi connectivity index (χ4n) is 4.93. The van der Waals surface area contributed by atoms with Gasteiger partial charge in [-0.1, -0.05) is 60.2 Å². The van der Waals surface area contributed by atoms with E-state index in [0.717, 1.165) is 16.7 Å². The molecule has 0 unspecified atom stereocenters. The molecule has 3 aliphatic heterocycles. The number of aryl methyl sites for hydroxylation is 1. The number of hydrogen-bond acceptors (Lipinski definition) is 8. The Morgan fingerprint density at radius 1 is 0.972 bits per heavy atom. The molecule has 2 aromatic carbocycles. The third-order valence-electron chi connectivity index (χ3n) is 6.68. The number of benzene rings is 2. The lowest BCUT2D eigenvalue weighted by Gasteiger charge is -2.30. The summed E-state index contributed by atoms with van der Waals surface area (Å²) in [5.74, 6) is -2.01. The summed E-state index contributed by atoms with van der Waals surface area (Å²) in [4.78, 5) is 13.7. The minimum absolute atomic E-state index is 0.322. The van der Waals surface area contributed by atoms with Crippen LogP contribution < -0.4 is 5.32 Å². The molecule has 5 rings (SSSR count). The van der Waals surface area contributed by atoms with E-state index in [2.05, 4.69) is 5.32 Å². The number of ether oxygens (including phenoxy) is 6. The molecule has 3 heterocycles. The van der Waals surface area contributed by atoms with Gasteiger partial charge in [0.05, 0.1) is 6.61 Å². The second kappa shape index (κ2) is 9.85. The Kier molecular flexibility index (Phi) is 6.93. The van der Waals surface area contributed by atoms with Gasteiger partial charge in [0.2, 0.25) is 0 Å². The molecule has 0 amide bonds. The third-order valence-corrected chi connectivity index (χ3v) is 6.68. The summed E-state index contributed by atoms with van der Waals surface area (Å²) in [5, 5.41) is 3.38. The van der Waals surface area contributed by atoms with Crippen molar-refractivity contribution >= 4 is 5.97 Å². The van der Waals surface area contributed by atoms with Crippen molar-refractivity contribution in [1.29, 1.82) is 0 Å². The molecule has 3 saturated heterocycles. The van der Waals surface area contributed by atoms with E-state index in [1.165, 1.54) is 0 Å². The first-order chi connectivity index (χ1) is 17.1. The highest BCUT2D eigenvalue weighted by molar-refractivity contribution is 5.78. The summed E-state index contributed by atoms with van der Waals surface area (Å²) in [7, 11) is 0. The van der Waals surface area contributed by atoms with Crippen LogP contribution in [0.15, 0.2) is 54.6 Å². The van der Waals surface area contributed by atoms with Crippen LogP contribution in [0.25, 0.3) is 0 Å². The van der Waals surface area contributed by atoms with E-state index in [1.54, 1.807) is 0 Å². The van der Waals surface area contributed by atoms with Gasteiger partial charge >= 0.3 is 5.97 Å². The van der Waals surface area contributed by atoms with Crippen molar-refractivity contribution < 1.29 is 33.2 Å². The summed E-state index contributed by atoms with van der Waals surface area (Å²) in [6.45, 7) is 10.2. The molecule has 6 atom stereocenters. The highest BCUT2D eigenvalue weighted by Crippen LogP contribution is 2.42. The largest absolute Gasteiger partial charge is 0.455 e. The second-order valence-corrected chi connectivity index (χ2v) is 10.5. The van der Waals surface area contributed by atoms with Gasteiger partial charge in [-0.05, 0) is 45.7 Å². The highest BCUT2D eigenvalue weighted by Gasteiger charge is 2.60. The Morgan fingerprint density at radius 3 is 2.36 bits per heavy atom. The Bertz CT molecular complexity index is 1060. The number of rotatable bonds is 7. The zero-order chi connectivity index (χ0) is 25.5. The monoisotopic (exact) mass is 497 g/mol. The molecule has 8 nitrogen and oxygen atoms in total. The molecule has 0 aliphatic carbocycles. The summed E-state index contributed by atoms with van der Waals surface area (Å²) in [6, 6.07) is 17.1. The Morgan fingerprint density at radius 2 is 1.69 bits per heavy atom. The van der Waals surface area contributed by atoms with Crippen LogP contribution in [0, 0.1) is 6.92 Å². The van der Waals surface area contributed by atoms with Crippen molar-refractivity contribution in [3.8, 4) is 0 Å². The van der Waals surface area contributed by atoms with Crippen LogP contribution in [-0.4, -0.2) is 54.9 Å². The molecule has 3 aliphatic rings. The summed E-state index contributed by atoms with van der Waals surface area (Å²) in [6.07, 6.45) is -2.97. The van der Waals surface area contributed by atoms with Gasteiger partial charge in [-0.25, -0.2) is 4.79 Å². The fraction of sp³-hybridized carbons (Fsp3) is 0.536. The van der Waals surface area contributed by atoms with Gasteiger partial charge in [0.1, 0.15) is 18.2 Å². The van der Waals surface area contributed by atoms with Gasteiger partial charge in [-0.2, -0.15) is 0 Å². The van der Waals surface area contributed by atoms with Crippen LogP contribution in [0.4, 0.5) is 0 Å². The molecule has 36 heavy (non-hydrogen) atoms. The topological polar surface area (TPSA) is 84.5 Å². The number of carbonyl (C=O) groups excluding carboxylic acids is 1. The molecule has 0 saturated carbocycles. The van der Waals surface area contributed by atoms with E-state index in [0.29, 0.717) is 13.2 Å². The number of hydrogen-bond donors (Lipinski definition) is 1. The first-order valence-corrected chi connectivity index (χ1v) is 12.5. The number of nitrogens with one attached hydrogen (secondary N) is 1. The van der Waals surface area contributed by atoms with Crippen LogP contribution >= 0.6 is 0 Å². The summed E-state index contributed by atoms with van der Waals surface area (Å²) >= 11 is 0. The predicted molar refractivity (Wildman–Crippen MR) is 131 cm³/mol. The normalized spacial score (nSPS) is 31.2. The van der Waals surface area contributed by atoms with E-state index in [1.807, 2.05) is 89.2 Å². The Hall–Kier alpha value is -2.33. The van der Waals surface area contributed by atoms with E-state index in [-0.39, 0.29) is 0 Å². The van der Waals surface area contributed by atoms with Crippen molar-refractivity contribution in [3.05, 3.63) is 71.3 Å². The average molecular weight is 498 g/mol. The Balaban J connectivity index is 1.38. The Labute approximate surface area is 212 Å². The molecule has 0 radical (unpaired) electrons. The van der Waals surface area contributed by atoms with Crippen LogP contribution in [-0.2, 0) is 39.8 Å². The van der Waals surface area contributed by atoms with Crippen LogP contribution in [0.5, 0.6) is 0 Å². The van der Waals surface area contributed by atoms with Gasteiger partial charge in [-0.15, -0.1) is 0 Å². The lowest BCUT2D eigenvalue weighted by atomic mass is 10.0. The minimum Gasteiger partial charge on any atom is -0.455 e. The van der Waals surface area contributed by atoms with Crippen molar-refractivity contribution in [2.75, 3.05) is 6.61 Å². The molecule has 0 spiro atoms. The van der Waals surface area contributed by atoms with E-state index >= 15 is 0 Å². The highest BCUT2D eigenvalue weighted by atomic mass is 16.8. The minimum atomic E-state index is -0.848.